The number of nitrogens with one attached hydrogen (secondary N) is 1. The summed E-state index contributed by atoms with van der Waals surface area (Å²) in [6.45, 7) is 3.62. The topological polar surface area (TPSA) is 12.0 Å². The molecule has 2 heteroatoms. The normalized spacial score (nSPS) is 27.4. The third-order valence-corrected chi connectivity index (χ3v) is 4.93. The first kappa shape index (κ1) is 9.86. The predicted octanol–water partition coefficient (Wildman–Crippen LogP) is 3.52. The maximum absolute atomic E-state index is 3.77. The van der Waals surface area contributed by atoms with Crippen molar-refractivity contribution in [2.45, 2.75) is 45.1 Å². The van der Waals surface area contributed by atoms with Crippen LogP contribution in [0.4, 0.5) is 0 Å². The van der Waals surface area contributed by atoms with Gasteiger partial charge in [0.25, 0.3) is 0 Å². The van der Waals surface area contributed by atoms with Crippen molar-refractivity contribution in [1.82, 2.24) is 5.32 Å². The molecule has 0 radical (unpaired) electrons. The van der Waals surface area contributed by atoms with Crippen LogP contribution in [0.15, 0.2) is 11.4 Å². The van der Waals surface area contributed by atoms with Crippen LogP contribution in [-0.2, 0) is 6.42 Å². The lowest BCUT2D eigenvalue weighted by Gasteiger charge is -2.25. The Kier molecular flexibility index (Phi) is 2.37. The summed E-state index contributed by atoms with van der Waals surface area (Å²) < 4.78 is 0. The number of hydrogen-bond acceptors (Lipinski definition) is 2. The molecule has 1 unspecified atom stereocenters. The summed E-state index contributed by atoms with van der Waals surface area (Å²) in [7, 11) is 0. The van der Waals surface area contributed by atoms with Crippen LogP contribution in [0.2, 0.25) is 0 Å². The molecular formula is C13H19NS. The molecule has 1 atom stereocenters. The maximum atomic E-state index is 3.77. The van der Waals surface area contributed by atoms with Crippen LogP contribution in [0.25, 0.3) is 0 Å². The molecule has 0 amide bonds. The Morgan fingerprint density at radius 3 is 3.20 bits per heavy atom. The first-order chi connectivity index (χ1) is 7.27. The fourth-order valence-electron chi connectivity index (χ4n) is 2.46. The fraction of sp³-hybridized carbons (Fsp3) is 0.692. The van der Waals surface area contributed by atoms with E-state index in [0.29, 0.717) is 11.5 Å². The molecule has 15 heavy (non-hydrogen) atoms. The Morgan fingerprint density at radius 1 is 1.53 bits per heavy atom. The van der Waals surface area contributed by atoms with E-state index in [1.54, 1.807) is 10.4 Å². The molecule has 1 nitrogen and oxygen atoms in total. The first-order valence-corrected chi connectivity index (χ1v) is 6.94. The summed E-state index contributed by atoms with van der Waals surface area (Å²) in [5.74, 6) is 0. The lowest BCUT2D eigenvalue weighted by atomic mass is 9.93. The molecule has 0 aliphatic heterocycles. The summed E-state index contributed by atoms with van der Waals surface area (Å²) in [5.41, 5.74) is 2.23. The van der Waals surface area contributed by atoms with E-state index < -0.39 is 0 Å². The zero-order valence-electron chi connectivity index (χ0n) is 9.38. The van der Waals surface area contributed by atoms with E-state index in [4.69, 9.17) is 0 Å². The number of hydrogen-bond donors (Lipinski definition) is 1. The maximum Gasteiger partial charge on any atom is 0.0331 e. The summed E-state index contributed by atoms with van der Waals surface area (Å²) in [6, 6.07) is 2.98. The van der Waals surface area contributed by atoms with Gasteiger partial charge in [-0.2, -0.15) is 0 Å². The van der Waals surface area contributed by atoms with Gasteiger partial charge in [-0.15, -0.1) is 11.3 Å². The molecule has 1 fully saturated rings. The largest absolute Gasteiger partial charge is 0.309 e. The zero-order valence-corrected chi connectivity index (χ0v) is 10.2. The van der Waals surface area contributed by atoms with Crippen molar-refractivity contribution in [1.29, 1.82) is 0 Å². The summed E-state index contributed by atoms with van der Waals surface area (Å²) in [6.07, 6.45) is 6.84. The van der Waals surface area contributed by atoms with Crippen LogP contribution in [0.1, 0.15) is 49.1 Å². The van der Waals surface area contributed by atoms with Crippen molar-refractivity contribution in [3.8, 4) is 0 Å². The van der Waals surface area contributed by atoms with Crippen LogP contribution < -0.4 is 5.32 Å². The van der Waals surface area contributed by atoms with Gasteiger partial charge in [-0.05, 0) is 54.5 Å². The van der Waals surface area contributed by atoms with E-state index in [1.807, 2.05) is 11.3 Å². The zero-order chi connectivity index (χ0) is 10.3. The van der Waals surface area contributed by atoms with Gasteiger partial charge in [0.2, 0.25) is 0 Å². The molecule has 2 aliphatic carbocycles. The molecule has 3 rings (SSSR count). The van der Waals surface area contributed by atoms with Crippen LogP contribution in [0.3, 0.4) is 0 Å². The standard InChI is InChI=1S/C13H19NS/c1-13(6-7-13)9-14-11-3-2-4-12-10(11)5-8-15-12/h5,8,11,14H,2-4,6-7,9H2,1H3. The Morgan fingerprint density at radius 2 is 2.40 bits per heavy atom. The van der Waals surface area contributed by atoms with E-state index in [9.17, 15) is 0 Å². The Labute approximate surface area is 95.9 Å². The molecule has 0 bridgehead atoms. The number of rotatable bonds is 3. The molecule has 1 aromatic rings. The second-order valence-electron chi connectivity index (χ2n) is 5.44. The molecular weight excluding hydrogens is 202 g/mol. The molecule has 1 saturated carbocycles. The molecule has 2 aliphatic rings. The van der Waals surface area contributed by atoms with Gasteiger partial charge in [0.1, 0.15) is 0 Å². The monoisotopic (exact) mass is 221 g/mol. The second-order valence-corrected chi connectivity index (χ2v) is 6.44. The van der Waals surface area contributed by atoms with Crippen molar-refractivity contribution < 1.29 is 0 Å². The Bertz CT molecular complexity index is 351. The van der Waals surface area contributed by atoms with Gasteiger partial charge in [-0.3, -0.25) is 0 Å². The summed E-state index contributed by atoms with van der Waals surface area (Å²) >= 11 is 1.94. The second kappa shape index (κ2) is 3.60. The highest BCUT2D eigenvalue weighted by Crippen LogP contribution is 2.45. The summed E-state index contributed by atoms with van der Waals surface area (Å²) in [4.78, 5) is 1.62. The van der Waals surface area contributed by atoms with Crippen molar-refractivity contribution in [3.63, 3.8) is 0 Å². The summed E-state index contributed by atoms with van der Waals surface area (Å²) in [5, 5.41) is 6.03. The van der Waals surface area contributed by atoms with Gasteiger partial charge in [0.05, 0.1) is 0 Å². The van der Waals surface area contributed by atoms with E-state index in [2.05, 4.69) is 23.7 Å². The molecule has 0 spiro atoms. The van der Waals surface area contributed by atoms with Gasteiger partial charge in [0, 0.05) is 17.5 Å². The van der Waals surface area contributed by atoms with E-state index >= 15 is 0 Å². The highest BCUT2D eigenvalue weighted by Gasteiger charge is 2.37. The minimum absolute atomic E-state index is 0.633. The van der Waals surface area contributed by atoms with Crippen LogP contribution in [-0.4, -0.2) is 6.54 Å². The Hall–Kier alpha value is -0.340. The van der Waals surface area contributed by atoms with Crippen LogP contribution in [0.5, 0.6) is 0 Å². The molecule has 0 aromatic carbocycles. The molecule has 1 N–H and O–H groups in total. The predicted molar refractivity (Wildman–Crippen MR) is 65.3 cm³/mol. The Balaban J connectivity index is 1.67. The van der Waals surface area contributed by atoms with Crippen molar-refractivity contribution in [2.24, 2.45) is 5.41 Å². The SMILES string of the molecule is CC1(CNC2CCCc3sccc32)CC1. The highest BCUT2D eigenvalue weighted by atomic mass is 32.1. The molecule has 0 saturated heterocycles. The third-order valence-electron chi connectivity index (χ3n) is 3.93. The smallest absolute Gasteiger partial charge is 0.0331 e. The van der Waals surface area contributed by atoms with Gasteiger partial charge in [-0.25, -0.2) is 0 Å². The van der Waals surface area contributed by atoms with Gasteiger partial charge >= 0.3 is 0 Å². The van der Waals surface area contributed by atoms with E-state index in [-0.39, 0.29) is 0 Å². The number of thiophene rings is 1. The number of fused-ring (bicyclic) bond motifs is 1. The molecule has 82 valence electrons. The average Bonchev–Trinajstić information content (AvgIpc) is 2.80. The minimum Gasteiger partial charge on any atom is -0.309 e. The van der Waals surface area contributed by atoms with Crippen LogP contribution in [0, 0.1) is 5.41 Å². The number of aryl methyl sites for hydroxylation is 1. The highest BCUT2D eigenvalue weighted by molar-refractivity contribution is 7.10. The quantitative estimate of drug-likeness (QED) is 0.823. The fourth-order valence-corrected chi connectivity index (χ4v) is 3.45. The molecule has 1 aromatic heterocycles. The minimum atomic E-state index is 0.633. The van der Waals surface area contributed by atoms with Gasteiger partial charge in [0.15, 0.2) is 0 Å². The van der Waals surface area contributed by atoms with E-state index in [1.165, 1.54) is 38.6 Å². The van der Waals surface area contributed by atoms with Crippen LogP contribution >= 0.6 is 11.3 Å². The lowest BCUT2D eigenvalue weighted by molar-refractivity contribution is 0.407. The first-order valence-electron chi connectivity index (χ1n) is 6.07. The van der Waals surface area contributed by atoms with Crippen molar-refractivity contribution in [2.75, 3.05) is 6.54 Å². The average molecular weight is 221 g/mol. The third kappa shape index (κ3) is 1.98. The van der Waals surface area contributed by atoms with Gasteiger partial charge in [-0.1, -0.05) is 6.92 Å². The molecule has 1 heterocycles. The lowest BCUT2D eigenvalue weighted by Crippen LogP contribution is -2.29. The van der Waals surface area contributed by atoms with Crippen molar-refractivity contribution in [3.05, 3.63) is 21.9 Å². The van der Waals surface area contributed by atoms with E-state index in [0.717, 1.165) is 0 Å². The van der Waals surface area contributed by atoms with Gasteiger partial charge < -0.3 is 5.32 Å². The van der Waals surface area contributed by atoms with Crippen molar-refractivity contribution >= 4 is 11.3 Å².